The lowest BCUT2D eigenvalue weighted by atomic mass is 9.96. The Morgan fingerprint density at radius 1 is 1.45 bits per heavy atom. The van der Waals surface area contributed by atoms with Gasteiger partial charge in [-0.1, -0.05) is 20.8 Å². The fourth-order valence-corrected chi connectivity index (χ4v) is 0.998. The van der Waals surface area contributed by atoms with Crippen LogP contribution >= 0.6 is 0 Å². The highest BCUT2D eigenvalue weighted by atomic mass is 16.7. The van der Waals surface area contributed by atoms with Gasteiger partial charge in [-0.15, -0.1) is 0 Å². The third-order valence-electron chi connectivity index (χ3n) is 1.66. The van der Waals surface area contributed by atoms with Crippen molar-refractivity contribution in [1.82, 2.24) is 0 Å². The summed E-state index contributed by atoms with van der Waals surface area (Å²) in [5.41, 5.74) is 0.00389. The van der Waals surface area contributed by atoms with E-state index in [2.05, 4.69) is 20.8 Å². The van der Waals surface area contributed by atoms with E-state index >= 15 is 0 Å². The van der Waals surface area contributed by atoms with Gasteiger partial charge in [0.15, 0.2) is 6.29 Å². The first-order valence-corrected chi connectivity index (χ1v) is 3.92. The third-order valence-corrected chi connectivity index (χ3v) is 1.66. The van der Waals surface area contributed by atoms with Crippen molar-refractivity contribution in [3.63, 3.8) is 0 Å². The van der Waals surface area contributed by atoms with Gasteiger partial charge in [-0.3, -0.25) is 0 Å². The van der Waals surface area contributed by atoms with Gasteiger partial charge in [0.1, 0.15) is 6.10 Å². The van der Waals surface area contributed by atoms with Crippen LogP contribution in [0.5, 0.6) is 0 Å². The zero-order valence-electron chi connectivity index (χ0n) is 7.33. The van der Waals surface area contributed by atoms with Crippen LogP contribution in [0.2, 0.25) is 0 Å². The smallest absolute Gasteiger partial charge is 0.163 e. The molecule has 3 nitrogen and oxygen atoms in total. The minimum atomic E-state index is -0.167. The van der Waals surface area contributed by atoms with Crippen molar-refractivity contribution >= 4 is 0 Å². The van der Waals surface area contributed by atoms with E-state index in [0.29, 0.717) is 6.61 Å². The van der Waals surface area contributed by atoms with Crippen LogP contribution in [0, 0.1) is 5.41 Å². The lowest BCUT2D eigenvalue weighted by Gasteiger charge is -2.24. The summed E-state index contributed by atoms with van der Waals surface area (Å²) in [7, 11) is 0. The zero-order chi connectivity index (χ0) is 8.48. The summed E-state index contributed by atoms with van der Waals surface area (Å²) in [4.78, 5) is 0. The fourth-order valence-electron chi connectivity index (χ4n) is 0.998. The lowest BCUT2D eigenvalue weighted by Crippen LogP contribution is -2.28. The van der Waals surface area contributed by atoms with E-state index in [1.807, 2.05) is 0 Å². The molecule has 1 N–H and O–H groups in total. The maximum Gasteiger partial charge on any atom is 0.163 e. The monoisotopic (exact) mass is 160 g/mol. The van der Waals surface area contributed by atoms with Gasteiger partial charge in [0.2, 0.25) is 0 Å². The maximum absolute atomic E-state index is 8.74. The largest absolute Gasteiger partial charge is 0.394 e. The Labute approximate surface area is 67.3 Å². The molecule has 0 aliphatic carbocycles. The van der Waals surface area contributed by atoms with Crippen LogP contribution < -0.4 is 0 Å². The van der Waals surface area contributed by atoms with Gasteiger partial charge < -0.3 is 14.6 Å². The van der Waals surface area contributed by atoms with E-state index in [1.54, 1.807) is 0 Å². The first kappa shape index (κ1) is 8.97. The summed E-state index contributed by atoms with van der Waals surface area (Å²) in [6.45, 7) is 6.72. The van der Waals surface area contributed by atoms with Crippen molar-refractivity contribution in [3.05, 3.63) is 0 Å². The third kappa shape index (κ3) is 2.15. The molecule has 0 aromatic heterocycles. The maximum atomic E-state index is 8.74. The molecule has 66 valence electrons. The molecule has 3 heteroatoms. The Kier molecular flexibility index (Phi) is 2.52. The fraction of sp³-hybridized carbons (Fsp3) is 1.00. The number of ether oxygens (including phenoxy) is 2. The summed E-state index contributed by atoms with van der Waals surface area (Å²) < 4.78 is 10.7. The molecule has 1 fully saturated rings. The van der Waals surface area contributed by atoms with Crippen LogP contribution in [-0.4, -0.2) is 30.7 Å². The average molecular weight is 160 g/mol. The summed E-state index contributed by atoms with van der Waals surface area (Å²) in [6, 6.07) is 0. The van der Waals surface area contributed by atoms with E-state index < -0.39 is 0 Å². The molecule has 0 saturated carbocycles. The van der Waals surface area contributed by atoms with Crippen molar-refractivity contribution < 1.29 is 14.6 Å². The normalized spacial score (nSPS) is 32.7. The second kappa shape index (κ2) is 3.09. The van der Waals surface area contributed by atoms with Crippen molar-refractivity contribution in [2.24, 2.45) is 5.41 Å². The molecule has 0 spiro atoms. The minimum absolute atomic E-state index is 0.00389. The Morgan fingerprint density at radius 2 is 2.09 bits per heavy atom. The molecule has 0 radical (unpaired) electrons. The standard InChI is InChI=1S/C8H16O3/c1-8(2,3)7-10-5-6(4-9)11-7/h6-7,9H,4-5H2,1-3H3/t6-,7+/m1/s1. The number of rotatable bonds is 1. The van der Waals surface area contributed by atoms with Crippen LogP contribution in [-0.2, 0) is 9.47 Å². The van der Waals surface area contributed by atoms with Gasteiger partial charge >= 0.3 is 0 Å². The number of hydrogen-bond acceptors (Lipinski definition) is 3. The van der Waals surface area contributed by atoms with E-state index in [4.69, 9.17) is 14.6 Å². The molecule has 11 heavy (non-hydrogen) atoms. The quantitative estimate of drug-likeness (QED) is 0.615. The Hall–Kier alpha value is -0.120. The molecule has 0 unspecified atom stereocenters. The van der Waals surface area contributed by atoms with Crippen LogP contribution in [0.25, 0.3) is 0 Å². The van der Waals surface area contributed by atoms with E-state index in [1.165, 1.54) is 0 Å². The molecule has 0 aromatic carbocycles. The van der Waals surface area contributed by atoms with Gasteiger partial charge in [0.25, 0.3) is 0 Å². The molecule has 0 bridgehead atoms. The van der Waals surface area contributed by atoms with Crippen molar-refractivity contribution in [2.45, 2.75) is 33.2 Å². The predicted octanol–water partition coefficient (Wildman–Crippen LogP) is 0.766. The minimum Gasteiger partial charge on any atom is -0.394 e. The molecular formula is C8H16O3. The van der Waals surface area contributed by atoms with E-state index in [0.717, 1.165) is 0 Å². The molecule has 1 heterocycles. The van der Waals surface area contributed by atoms with Gasteiger partial charge in [-0.25, -0.2) is 0 Å². The number of aliphatic hydroxyl groups is 1. The highest BCUT2D eigenvalue weighted by Gasteiger charge is 2.34. The highest BCUT2D eigenvalue weighted by Crippen LogP contribution is 2.28. The Morgan fingerprint density at radius 3 is 2.36 bits per heavy atom. The van der Waals surface area contributed by atoms with Crippen molar-refractivity contribution in [1.29, 1.82) is 0 Å². The SMILES string of the molecule is CC(C)(C)[C@H]1OC[C@@H](CO)O1. The number of aliphatic hydroxyl groups excluding tert-OH is 1. The summed E-state index contributed by atoms with van der Waals surface area (Å²) >= 11 is 0. The van der Waals surface area contributed by atoms with Crippen molar-refractivity contribution in [2.75, 3.05) is 13.2 Å². The molecular weight excluding hydrogens is 144 g/mol. The zero-order valence-corrected chi connectivity index (χ0v) is 7.33. The molecule has 1 saturated heterocycles. The van der Waals surface area contributed by atoms with Gasteiger partial charge in [-0.2, -0.15) is 0 Å². The topological polar surface area (TPSA) is 38.7 Å². The first-order valence-electron chi connectivity index (χ1n) is 3.92. The van der Waals surface area contributed by atoms with E-state index in [9.17, 15) is 0 Å². The average Bonchev–Trinajstić information content (AvgIpc) is 2.32. The Bertz CT molecular complexity index is 128. The Balaban J connectivity index is 2.42. The van der Waals surface area contributed by atoms with Crippen LogP contribution in [0.15, 0.2) is 0 Å². The van der Waals surface area contributed by atoms with Crippen molar-refractivity contribution in [3.8, 4) is 0 Å². The summed E-state index contributed by atoms with van der Waals surface area (Å²) in [5, 5.41) is 8.74. The second-order valence-electron chi connectivity index (χ2n) is 3.97. The first-order chi connectivity index (χ1) is 5.04. The molecule has 1 rings (SSSR count). The van der Waals surface area contributed by atoms with E-state index in [-0.39, 0.29) is 24.4 Å². The van der Waals surface area contributed by atoms with Gasteiger partial charge in [0.05, 0.1) is 13.2 Å². The molecule has 0 aromatic rings. The highest BCUT2D eigenvalue weighted by molar-refractivity contribution is 4.73. The van der Waals surface area contributed by atoms with Gasteiger partial charge in [-0.05, 0) is 0 Å². The second-order valence-corrected chi connectivity index (χ2v) is 3.97. The van der Waals surface area contributed by atoms with Crippen LogP contribution in [0.3, 0.4) is 0 Å². The number of hydrogen-bond donors (Lipinski definition) is 1. The summed E-state index contributed by atoms with van der Waals surface area (Å²) in [5.74, 6) is 0. The lowest BCUT2D eigenvalue weighted by molar-refractivity contribution is -0.128. The van der Waals surface area contributed by atoms with Gasteiger partial charge in [0, 0.05) is 5.41 Å². The molecule has 0 amide bonds. The van der Waals surface area contributed by atoms with Crippen LogP contribution in [0.4, 0.5) is 0 Å². The molecule has 2 atom stereocenters. The predicted molar refractivity (Wildman–Crippen MR) is 41.2 cm³/mol. The molecule has 1 aliphatic heterocycles. The van der Waals surface area contributed by atoms with Crippen LogP contribution in [0.1, 0.15) is 20.8 Å². The molecule has 1 aliphatic rings. The summed E-state index contributed by atoms with van der Waals surface area (Å²) in [6.07, 6.45) is -0.293.